The van der Waals surface area contributed by atoms with Crippen LogP contribution in [-0.2, 0) is 19.6 Å². The monoisotopic (exact) mass is 517 g/mol. The predicted octanol–water partition coefficient (Wildman–Crippen LogP) is 4.13. The van der Waals surface area contributed by atoms with Gasteiger partial charge >= 0.3 is 5.97 Å². The number of allylic oxidation sites excluding steroid dienone is 1. The van der Waals surface area contributed by atoms with Gasteiger partial charge in [-0.15, -0.1) is 0 Å². The van der Waals surface area contributed by atoms with Crippen LogP contribution in [0.1, 0.15) is 38.5 Å². The highest BCUT2D eigenvalue weighted by Gasteiger charge is 2.46. The van der Waals surface area contributed by atoms with Crippen LogP contribution in [0.15, 0.2) is 41.3 Å². The number of nitrogens with one attached hydrogen (secondary N) is 1. The number of ether oxygens (including phenoxy) is 1. The molecule has 1 aromatic carbocycles. The van der Waals surface area contributed by atoms with Crippen LogP contribution in [0.2, 0.25) is 0 Å². The van der Waals surface area contributed by atoms with Gasteiger partial charge in [0, 0.05) is 16.2 Å². The molecule has 0 spiro atoms. The Morgan fingerprint density at radius 2 is 1.96 bits per heavy atom. The largest absolute Gasteiger partial charge is 0.466 e. The molecule has 0 unspecified atom stereocenters. The molecule has 0 amide bonds. The normalized spacial score (nSPS) is 26.8. The zero-order chi connectivity index (χ0) is 20.1. The summed E-state index contributed by atoms with van der Waals surface area (Å²) in [6, 6.07) is 7.09. The number of carbonyl (C=O) groups excluding carboxylic acids is 1. The lowest BCUT2D eigenvalue weighted by Crippen LogP contribution is -2.36. The summed E-state index contributed by atoms with van der Waals surface area (Å²) in [6.45, 7) is 0.525. The number of esters is 1. The van der Waals surface area contributed by atoms with Crippen molar-refractivity contribution in [1.82, 2.24) is 4.72 Å². The second kappa shape index (κ2) is 9.71. The average molecular weight is 517 g/mol. The van der Waals surface area contributed by atoms with Crippen LogP contribution in [0, 0.1) is 27.2 Å². The van der Waals surface area contributed by atoms with E-state index >= 15 is 0 Å². The molecule has 0 radical (unpaired) electrons. The quantitative estimate of drug-likeness (QED) is 0.232. The Morgan fingerprint density at radius 3 is 2.68 bits per heavy atom. The number of hydrogen-bond acceptors (Lipinski definition) is 4. The van der Waals surface area contributed by atoms with Gasteiger partial charge in [0.1, 0.15) is 0 Å². The lowest BCUT2D eigenvalue weighted by molar-refractivity contribution is -0.134. The van der Waals surface area contributed by atoms with Crippen molar-refractivity contribution in [1.29, 1.82) is 0 Å². The second-order valence-corrected chi connectivity index (χ2v) is 10.7. The van der Waals surface area contributed by atoms with Gasteiger partial charge < -0.3 is 4.74 Å². The molecule has 0 aliphatic heterocycles. The van der Waals surface area contributed by atoms with Gasteiger partial charge in [-0.2, -0.15) is 0 Å². The van der Waals surface area contributed by atoms with Crippen LogP contribution < -0.4 is 4.72 Å². The third-order valence-electron chi connectivity index (χ3n) is 6.27. The maximum atomic E-state index is 12.7. The molecule has 3 rings (SSSR count). The lowest BCUT2D eigenvalue weighted by atomic mass is 9.77. The topological polar surface area (TPSA) is 72.5 Å². The van der Waals surface area contributed by atoms with E-state index in [9.17, 15) is 13.2 Å². The van der Waals surface area contributed by atoms with Crippen molar-refractivity contribution in [2.45, 2.75) is 43.4 Å². The molecule has 5 nitrogen and oxygen atoms in total. The standard InChI is InChI=1S/C21H28INO4S/c1-27-21(24)10-4-2-3-7-17-15-11-12-16(13-15)18(17)14-23-28(25,26)20-9-6-5-8-19(20)22/h4-6,8-10,15-18,23H,2-3,7,11-14H2,1H3/t15-,16+,17-,18-/m0/s1. The molecule has 2 bridgehead atoms. The molecule has 28 heavy (non-hydrogen) atoms. The number of halogens is 1. The number of methoxy groups -OCH3 is 1. The van der Waals surface area contributed by atoms with Crippen LogP contribution in [0.3, 0.4) is 0 Å². The highest BCUT2D eigenvalue weighted by atomic mass is 127. The smallest absolute Gasteiger partial charge is 0.330 e. The van der Waals surface area contributed by atoms with Gasteiger partial charge in [0.2, 0.25) is 10.0 Å². The van der Waals surface area contributed by atoms with E-state index in [1.54, 1.807) is 12.1 Å². The summed E-state index contributed by atoms with van der Waals surface area (Å²) in [5.41, 5.74) is 0. The van der Waals surface area contributed by atoms with Crippen LogP contribution in [0.25, 0.3) is 0 Å². The first kappa shape index (κ1) is 21.8. The SMILES string of the molecule is COC(=O)C=CCCC[C@H]1[C@H]2CC[C@H](C2)[C@@H]1CNS(=O)(=O)c1ccccc1I. The van der Waals surface area contributed by atoms with Gasteiger partial charge in [0.25, 0.3) is 0 Å². The van der Waals surface area contributed by atoms with Gasteiger partial charge in [0.15, 0.2) is 0 Å². The maximum Gasteiger partial charge on any atom is 0.330 e. The number of unbranched alkanes of at least 4 members (excludes halogenated alkanes) is 1. The summed E-state index contributed by atoms with van der Waals surface area (Å²) in [7, 11) is -2.10. The summed E-state index contributed by atoms with van der Waals surface area (Å²) in [5, 5.41) is 0. The first-order valence-electron chi connectivity index (χ1n) is 9.91. The molecule has 2 aliphatic carbocycles. The molecule has 2 saturated carbocycles. The molecule has 4 atom stereocenters. The average Bonchev–Trinajstić information content (AvgIpc) is 3.28. The zero-order valence-electron chi connectivity index (χ0n) is 16.1. The van der Waals surface area contributed by atoms with Crippen molar-refractivity contribution in [2.24, 2.45) is 23.7 Å². The summed E-state index contributed by atoms with van der Waals surface area (Å²) < 4.78 is 33.7. The van der Waals surface area contributed by atoms with Gasteiger partial charge in [-0.25, -0.2) is 17.9 Å². The first-order valence-corrected chi connectivity index (χ1v) is 12.5. The lowest BCUT2D eigenvalue weighted by Gasteiger charge is -2.31. The number of sulfonamides is 1. The molecule has 154 valence electrons. The number of rotatable bonds is 9. The fraction of sp³-hybridized carbons (Fsp3) is 0.571. The Morgan fingerprint density at radius 1 is 1.25 bits per heavy atom. The number of fused-ring (bicyclic) bond motifs is 2. The van der Waals surface area contributed by atoms with E-state index in [0.717, 1.165) is 28.8 Å². The molecule has 7 heteroatoms. The van der Waals surface area contributed by atoms with Crippen LogP contribution in [0.4, 0.5) is 0 Å². The van der Waals surface area contributed by atoms with E-state index < -0.39 is 10.0 Å². The van der Waals surface area contributed by atoms with Crippen LogP contribution in [-0.4, -0.2) is 28.0 Å². The van der Waals surface area contributed by atoms with E-state index in [0.29, 0.717) is 29.2 Å². The van der Waals surface area contributed by atoms with Crippen LogP contribution >= 0.6 is 22.6 Å². The molecular weight excluding hydrogens is 489 g/mol. The Balaban J connectivity index is 1.57. The maximum absolute atomic E-state index is 12.7. The van der Waals surface area contributed by atoms with Gasteiger partial charge in [-0.05, 0) is 96.9 Å². The molecule has 0 heterocycles. The molecule has 0 saturated heterocycles. The Labute approximate surface area is 181 Å². The second-order valence-electron chi connectivity index (χ2n) is 7.80. The summed E-state index contributed by atoms with van der Waals surface area (Å²) >= 11 is 2.07. The first-order chi connectivity index (χ1) is 13.4. The Hall–Kier alpha value is -0.930. The van der Waals surface area contributed by atoms with E-state index in [2.05, 4.69) is 32.0 Å². The molecule has 2 aliphatic rings. The van der Waals surface area contributed by atoms with Crippen molar-refractivity contribution in [2.75, 3.05) is 13.7 Å². The van der Waals surface area contributed by atoms with Crippen molar-refractivity contribution < 1.29 is 17.9 Å². The summed E-state index contributed by atoms with van der Waals surface area (Å²) in [4.78, 5) is 11.5. The predicted molar refractivity (Wildman–Crippen MR) is 117 cm³/mol. The third kappa shape index (κ3) is 5.16. The van der Waals surface area contributed by atoms with E-state index in [1.165, 1.54) is 32.4 Å². The van der Waals surface area contributed by atoms with E-state index in [4.69, 9.17) is 0 Å². The Bertz CT molecular complexity index is 823. The number of hydrogen-bond donors (Lipinski definition) is 1. The van der Waals surface area contributed by atoms with Crippen molar-refractivity contribution in [3.8, 4) is 0 Å². The zero-order valence-corrected chi connectivity index (χ0v) is 19.1. The van der Waals surface area contributed by atoms with Gasteiger partial charge in [-0.3, -0.25) is 0 Å². The minimum atomic E-state index is -3.48. The third-order valence-corrected chi connectivity index (χ3v) is 9.06. The summed E-state index contributed by atoms with van der Waals surface area (Å²) in [6.07, 6.45) is 10.0. The van der Waals surface area contributed by atoms with Gasteiger partial charge in [-0.1, -0.05) is 18.2 Å². The highest BCUT2D eigenvalue weighted by molar-refractivity contribution is 14.1. The Kier molecular flexibility index (Phi) is 7.55. The number of carbonyl (C=O) groups is 1. The number of benzene rings is 1. The van der Waals surface area contributed by atoms with Gasteiger partial charge in [0.05, 0.1) is 12.0 Å². The summed E-state index contributed by atoms with van der Waals surface area (Å²) in [5.74, 6) is 2.03. The van der Waals surface area contributed by atoms with Crippen LogP contribution in [0.5, 0.6) is 0 Å². The van der Waals surface area contributed by atoms with E-state index in [1.807, 2.05) is 18.2 Å². The molecule has 1 N–H and O–H groups in total. The minimum absolute atomic E-state index is 0.317. The fourth-order valence-corrected chi connectivity index (χ4v) is 7.37. The molecule has 0 aromatic heterocycles. The minimum Gasteiger partial charge on any atom is -0.466 e. The van der Waals surface area contributed by atoms with E-state index in [-0.39, 0.29) is 5.97 Å². The van der Waals surface area contributed by atoms with Crippen molar-refractivity contribution in [3.05, 3.63) is 40.0 Å². The molecule has 1 aromatic rings. The highest BCUT2D eigenvalue weighted by Crippen LogP contribution is 2.53. The van der Waals surface area contributed by atoms with Crippen molar-refractivity contribution >= 4 is 38.6 Å². The van der Waals surface area contributed by atoms with Crippen molar-refractivity contribution in [3.63, 3.8) is 0 Å². The molecule has 2 fully saturated rings. The molecular formula is C21H28INO4S. The fourth-order valence-electron chi connectivity index (χ4n) is 4.96.